The van der Waals surface area contributed by atoms with Gasteiger partial charge in [0.15, 0.2) is 0 Å². The van der Waals surface area contributed by atoms with Crippen LogP contribution < -0.4 is 5.32 Å². The molecule has 86 valence electrons. The van der Waals surface area contributed by atoms with Crippen LogP contribution >= 0.6 is 0 Å². The molecule has 1 N–H and O–H groups in total. The van der Waals surface area contributed by atoms with Crippen LogP contribution in [0.3, 0.4) is 0 Å². The lowest BCUT2D eigenvalue weighted by Crippen LogP contribution is -2.39. The summed E-state index contributed by atoms with van der Waals surface area (Å²) in [6.45, 7) is 9.93. The molecule has 0 aromatic rings. The Bertz CT molecular complexity index is 215. The highest BCUT2D eigenvalue weighted by Crippen LogP contribution is 2.28. The van der Waals surface area contributed by atoms with Gasteiger partial charge in [-0.1, -0.05) is 19.1 Å². The summed E-state index contributed by atoms with van der Waals surface area (Å²) in [7, 11) is 0. The molecule has 2 aliphatic rings. The summed E-state index contributed by atoms with van der Waals surface area (Å²) in [4.78, 5) is 2.65. The maximum atomic E-state index is 4.14. The van der Waals surface area contributed by atoms with Crippen molar-refractivity contribution in [3.8, 4) is 0 Å². The zero-order valence-corrected chi connectivity index (χ0v) is 9.97. The monoisotopic (exact) mass is 208 g/mol. The molecular weight excluding hydrogens is 184 g/mol. The first-order valence-electron chi connectivity index (χ1n) is 6.43. The van der Waals surface area contributed by atoms with Gasteiger partial charge in [0.05, 0.1) is 0 Å². The standard InChI is InChI=1S/C13H24N2/c1-3-11(2)9-15(13-6-7-13)10-12-5-4-8-14-12/h12-14H,2-10H2,1H3. The first-order valence-corrected chi connectivity index (χ1v) is 6.43. The molecule has 2 heteroatoms. The van der Waals surface area contributed by atoms with Gasteiger partial charge in [0.2, 0.25) is 0 Å². The van der Waals surface area contributed by atoms with E-state index in [1.807, 2.05) is 0 Å². The molecule has 0 radical (unpaired) electrons. The molecule has 1 unspecified atom stereocenters. The number of nitrogens with zero attached hydrogens (tertiary/aromatic N) is 1. The van der Waals surface area contributed by atoms with Crippen molar-refractivity contribution in [2.75, 3.05) is 19.6 Å². The Hall–Kier alpha value is -0.340. The summed E-state index contributed by atoms with van der Waals surface area (Å²) in [6.07, 6.45) is 6.66. The fourth-order valence-electron chi connectivity index (χ4n) is 2.38. The van der Waals surface area contributed by atoms with Crippen molar-refractivity contribution in [1.29, 1.82) is 0 Å². The molecule has 15 heavy (non-hydrogen) atoms. The molecule has 1 aliphatic heterocycles. The molecule has 2 fully saturated rings. The molecule has 1 heterocycles. The van der Waals surface area contributed by atoms with Crippen LogP contribution in [0.1, 0.15) is 39.0 Å². The van der Waals surface area contributed by atoms with E-state index < -0.39 is 0 Å². The van der Waals surface area contributed by atoms with E-state index >= 15 is 0 Å². The van der Waals surface area contributed by atoms with E-state index in [0.717, 1.165) is 25.0 Å². The molecule has 0 aromatic heterocycles. The van der Waals surface area contributed by atoms with Crippen molar-refractivity contribution in [3.63, 3.8) is 0 Å². The largest absolute Gasteiger partial charge is 0.313 e. The normalized spacial score (nSPS) is 26.1. The fourth-order valence-corrected chi connectivity index (χ4v) is 2.38. The first kappa shape index (κ1) is 11.2. The molecule has 1 atom stereocenters. The molecule has 2 rings (SSSR count). The lowest BCUT2D eigenvalue weighted by atomic mass is 10.1. The second-order valence-corrected chi connectivity index (χ2v) is 5.06. The van der Waals surface area contributed by atoms with Crippen molar-refractivity contribution in [2.24, 2.45) is 0 Å². The summed E-state index contributed by atoms with van der Waals surface area (Å²) in [6, 6.07) is 1.62. The smallest absolute Gasteiger partial charge is 0.0195 e. The lowest BCUT2D eigenvalue weighted by Gasteiger charge is -2.26. The van der Waals surface area contributed by atoms with Crippen LogP contribution in [0.4, 0.5) is 0 Å². The third-order valence-corrected chi connectivity index (χ3v) is 3.61. The quantitative estimate of drug-likeness (QED) is 0.673. The second kappa shape index (κ2) is 5.13. The van der Waals surface area contributed by atoms with E-state index in [9.17, 15) is 0 Å². The molecule has 0 amide bonds. The van der Waals surface area contributed by atoms with E-state index in [1.54, 1.807) is 0 Å². The molecule has 0 aromatic carbocycles. The average Bonchev–Trinajstić information content (AvgIpc) is 2.97. The Morgan fingerprint density at radius 1 is 1.40 bits per heavy atom. The summed E-state index contributed by atoms with van der Waals surface area (Å²) in [5.74, 6) is 0. The lowest BCUT2D eigenvalue weighted by molar-refractivity contribution is 0.257. The van der Waals surface area contributed by atoms with Gasteiger partial charge in [0, 0.05) is 25.2 Å². The van der Waals surface area contributed by atoms with E-state index in [-0.39, 0.29) is 0 Å². The fraction of sp³-hybridized carbons (Fsp3) is 0.846. The van der Waals surface area contributed by atoms with E-state index in [4.69, 9.17) is 0 Å². The number of hydrogen-bond acceptors (Lipinski definition) is 2. The number of rotatable bonds is 6. The highest BCUT2D eigenvalue weighted by molar-refractivity contribution is 5.00. The predicted molar refractivity (Wildman–Crippen MR) is 65.1 cm³/mol. The summed E-state index contributed by atoms with van der Waals surface area (Å²) in [5, 5.41) is 3.59. The van der Waals surface area contributed by atoms with Crippen LogP contribution in [0.25, 0.3) is 0 Å². The van der Waals surface area contributed by atoms with Gasteiger partial charge in [-0.2, -0.15) is 0 Å². The van der Waals surface area contributed by atoms with Crippen molar-refractivity contribution in [2.45, 2.75) is 51.1 Å². The highest BCUT2D eigenvalue weighted by Gasteiger charge is 2.31. The molecule has 0 bridgehead atoms. The SMILES string of the molecule is C=C(CC)CN(CC1CCCN1)C1CC1. The maximum Gasteiger partial charge on any atom is 0.0195 e. The molecular formula is C13H24N2. The third-order valence-electron chi connectivity index (χ3n) is 3.61. The van der Waals surface area contributed by atoms with Crippen molar-refractivity contribution < 1.29 is 0 Å². The van der Waals surface area contributed by atoms with E-state index in [1.165, 1.54) is 44.3 Å². The Labute approximate surface area is 93.7 Å². The van der Waals surface area contributed by atoms with Gasteiger partial charge in [0.1, 0.15) is 0 Å². The second-order valence-electron chi connectivity index (χ2n) is 5.06. The zero-order valence-electron chi connectivity index (χ0n) is 9.97. The van der Waals surface area contributed by atoms with Crippen molar-refractivity contribution >= 4 is 0 Å². The Kier molecular flexibility index (Phi) is 3.81. The molecule has 1 saturated heterocycles. The minimum absolute atomic E-state index is 0.746. The minimum Gasteiger partial charge on any atom is -0.313 e. The van der Waals surface area contributed by atoms with E-state index in [0.29, 0.717) is 0 Å². The average molecular weight is 208 g/mol. The molecule has 2 nitrogen and oxygen atoms in total. The summed E-state index contributed by atoms with van der Waals surface area (Å²) >= 11 is 0. The summed E-state index contributed by atoms with van der Waals surface area (Å²) < 4.78 is 0. The molecule has 1 aliphatic carbocycles. The van der Waals surface area contributed by atoms with Gasteiger partial charge >= 0.3 is 0 Å². The van der Waals surface area contributed by atoms with Crippen molar-refractivity contribution in [1.82, 2.24) is 10.2 Å². The number of hydrogen-bond donors (Lipinski definition) is 1. The van der Waals surface area contributed by atoms with Crippen LogP contribution in [0, 0.1) is 0 Å². The van der Waals surface area contributed by atoms with Gasteiger partial charge in [-0.3, -0.25) is 4.90 Å². The third kappa shape index (κ3) is 3.32. The van der Waals surface area contributed by atoms with Crippen molar-refractivity contribution in [3.05, 3.63) is 12.2 Å². The van der Waals surface area contributed by atoms with Gasteiger partial charge in [-0.15, -0.1) is 0 Å². The van der Waals surface area contributed by atoms with Gasteiger partial charge in [-0.25, -0.2) is 0 Å². The van der Waals surface area contributed by atoms with Crippen LogP contribution in [0.2, 0.25) is 0 Å². The Balaban J connectivity index is 1.79. The highest BCUT2D eigenvalue weighted by atomic mass is 15.2. The van der Waals surface area contributed by atoms with E-state index in [2.05, 4.69) is 23.7 Å². The Morgan fingerprint density at radius 2 is 2.20 bits per heavy atom. The van der Waals surface area contributed by atoms with Crippen LogP contribution in [-0.2, 0) is 0 Å². The minimum atomic E-state index is 0.746. The van der Waals surface area contributed by atoms with Crippen LogP contribution in [-0.4, -0.2) is 36.6 Å². The Morgan fingerprint density at radius 3 is 2.73 bits per heavy atom. The molecule has 1 saturated carbocycles. The summed E-state index contributed by atoms with van der Waals surface area (Å²) in [5.41, 5.74) is 1.39. The topological polar surface area (TPSA) is 15.3 Å². The maximum absolute atomic E-state index is 4.14. The zero-order chi connectivity index (χ0) is 10.7. The van der Waals surface area contributed by atoms with Gasteiger partial charge in [-0.05, 0) is 38.6 Å². The van der Waals surface area contributed by atoms with Gasteiger partial charge in [0.25, 0.3) is 0 Å². The van der Waals surface area contributed by atoms with Gasteiger partial charge < -0.3 is 5.32 Å². The number of nitrogens with one attached hydrogen (secondary N) is 1. The first-order chi connectivity index (χ1) is 7.29. The molecule has 0 spiro atoms. The van der Waals surface area contributed by atoms with Crippen LogP contribution in [0.15, 0.2) is 12.2 Å². The van der Waals surface area contributed by atoms with Crippen LogP contribution in [0.5, 0.6) is 0 Å². The predicted octanol–water partition coefficient (Wildman–Crippen LogP) is 2.17.